The molecule has 3 atom stereocenters. The highest BCUT2D eigenvalue weighted by Crippen LogP contribution is 2.22. The first-order valence-electron chi connectivity index (χ1n) is 10.6. The standard InChI is InChI=1S/C21H36N4O6/c1-11(2)10-13(23-20(30)31-21(5,6)7)19(29)25-14(8-9-15(25)26)18(28)24-16(12(3)4)17(22)27/h11-14,16H,8-10H2,1-7H3,(H2,22,27)(H,23,30)(H,24,28)/t13-,14-,16-/m0/s1. The minimum absolute atomic E-state index is 0.00752. The van der Waals surface area contributed by atoms with Crippen LogP contribution in [0.15, 0.2) is 0 Å². The van der Waals surface area contributed by atoms with Gasteiger partial charge in [0.15, 0.2) is 0 Å². The first kappa shape index (κ1) is 26.4. The largest absolute Gasteiger partial charge is 0.444 e. The minimum atomic E-state index is -1.07. The van der Waals surface area contributed by atoms with Crippen molar-refractivity contribution in [3.8, 4) is 0 Å². The second kappa shape index (κ2) is 10.6. The number of nitrogens with two attached hydrogens (primary N) is 1. The Morgan fingerprint density at radius 2 is 1.71 bits per heavy atom. The van der Waals surface area contributed by atoms with Crippen molar-refractivity contribution in [2.24, 2.45) is 17.6 Å². The molecule has 10 nitrogen and oxygen atoms in total. The Hall–Kier alpha value is -2.65. The summed E-state index contributed by atoms with van der Waals surface area (Å²) in [5.74, 6) is -2.75. The fourth-order valence-corrected chi connectivity index (χ4v) is 3.33. The summed E-state index contributed by atoms with van der Waals surface area (Å²) in [7, 11) is 0. The summed E-state index contributed by atoms with van der Waals surface area (Å²) < 4.78 is 5.23. The van der Waals surface area contributed by atoms with E-state index in [1.807, 2.05) is 13.8 Å². The van der Waals surface area contributed by atoms with E-state index >= 15 is 0 Å². The molecule has 1 saturated heterocycles. The fraction of sp³-hybridized carbons (Fsp3) is 0.762. The van der Waals surface area contributed by atoms with Crippen molar-refractivity contribution >= 4 is 29.7 Å². The van der Waals surface area contributed by atoms with Gasteiger partial charge in [-0.3, -0.25) is 24.1 Å². The first-order chi connectivity index (χ1) is 14.1. The van der Waals surface area contributed by atoms with Gasteiger partial charge in [0, 0.05) is 6.42 Å². The van der Waals surface area contributed by atoms with E-state index < -0.39 is 53.4 Å². The predicted molar refractivity (Wildman–Crippen MR) is 113 cm³/mol. The van der Waals surface area contributed by atoms with Gasteiger partial charge in [-0.1, -0.05) is 27.7 Å². The zero-order valence-corrected chi connectivity index (χ0v) is 19.5. The Balaban J connectivity index is 3.06. The number of rotatable bonds is 8. The maximum atomic E-state index is 13.2. The molecule has 1 fully saturated rings. The Morgan fingerprint density at radius 3 is 2.16 bits per heavy atom. The second-order valence-electron chi connectivity index (χ2n) is 9.62. The lowest BCUT2D eigenvalue weighted by molar-refractivity contribution is -0.149. The molecule has 0 aliphatic carbocycles. The Bertz CT molecular complexity index is 713. The fourth-order valence-electron chi connectivity index (χ4n) is 3.33. The van der Waals surface area contributed by atoms with Crippen LogP contribution in [0.25, 0.3) is 0 Å². The van der Waals surface area contributed by atoms with Crippen LogP contribution in [-0.4, -0.2) is 58.3 Å². The van der Waals surface area contributed by atoms with Crippen molar-refractivity contribution in [3.05, 3.63) is 0 Å². The van der Waals surface area contributed by atoms with Crippen molar-refractivity contribution in [1.29, 1.82) is 0 Å². The maximum absolute atomic E-state index is 13.2. The van der Waals surface area contributed by atoms with E-state index in [0.29, 0.717) is 0 Å². The number of primary amides is 1. The van der Waals surface area contributed by atoms with Crippen LogP contribution in [0, 0.1) is 11.8 Å². The lowest BCUT2D eigenvalue weighted by atomic mass is 10.0. The molecule has 0 spiro atoms. The normalized spacial score (nSPS) is 18.7. The average Bonchev–Trinajstić information content (AvgIpc) is 2.97. The van der Waals surface area contributed by atoms with Gasteiger partial charge >= 0.3 is 6.09 Å². The van der Waals surface area contributed by atoms with Gasteiger partial charge in [0.2, 0.25) is 17.7 Å². The molecule has 1 rings (SSSR count). The number of hydrogen-bond donors (Lipinski definition) is 3. The summed E-state index contributed by atoms with van der Waals surface area (Å²) >= 11 is 0. The molecule has 0 aromatic rings. The van der Waals surface area contributed by atoms with Crippen LogP contribution in [0.4, 0.5) is 4.79 Å². The van der Waals surface area contributed by atoms with Crippen LogP contribution in [0.3, 0.4) is 0 Å². The lowest BCUT2D eigenvalue weighted by Gasteiger charge is -2.30. The lowest BCUT2D eigenvalue weighted by Crippen LogP contribution is -2.58. The van der Waals surface area contributed by atoms with E-state index in [1.54, 1.807) is 34.6 Å². The average molecular weight is 441 g/mol. The van der Waals surface area contributed by atoms with Crippen LogP contribution < -0.4 is 16.4 Å². The van der Waals surface area contributed by atoms with Crippen LogP contribution in [-0.2, 0) is 23.9 Å². The number of carbonyl (C=O) groups excluding carboxylic acids is 5. The molecule has 1 aliphatic rings. The van der Waals surface area contributed by atoms with Crippen molar-refractivity contribution < 1.29 is 28.7 Å². The summed E-state index contributed by atoms with van der Waals surface area (Å²) in [5.41, 5.74) is 4.59. The number of nitrogens with zero attached hydrogens (tertiary/aromatic N) is 1. The monoisotopic (exact) mass is 440 g/mol. The topological polar surface area (TPSA) is 148 Å². The maximum Gasteiger partial charge on any atom is 0.408 e. The highest BCUT2D eigenvalue weighted by Gasteiger charge is 2.44. The van der Waals surface area contributed by atoms with Crippen LogP contribution in [0.1, 0.15) is 67.7 Å². The van der Waals surface area contributed by atoms with Gasteiger partial charge in [-0.2, -0.15) is 0 Å². The molecule has 5 amide bonds. The Morgan fingerprint density at radius 1 is 1.13 bits per heavy atom. The summed E-state index contributed by atoms with van der Waals surface area (Å²) in [5, 5.41) is 5.07. The van der Waals surface area contributed by atoms with Crippen molar-refractivity contribution in [2.75, 3.05) is 0 Å². The van der Waals surface area contributed by atoms with E-state index in [4.69, 9.17) is 10.5 Å². The van der Waals surface area contributed by atoms with E-state index in [-0.39, 0.29) is 31.1 Å². The zero-order valence-electron chi connectivity index (χ0n) is 19.5. The minimum Gasteiger partial charge on any atom is -0.444 e. The summed E-state index contributed by atoms with van der Waals surface area (Å²) in [6, 6.07) is -3.04. The Labute approximate surface area is 183 Å². The molecule has 0 saturated carbocycles. The predicted octanol–water partition coefficient (Wildman–Crippen LogP) is 1.07. The van der Waals surface area contributed by atoms with Gasteiger partial charge in [0.1, 0.15) is 23.7 Å². The molecule has 10 heteroatoms. The number of nitrogens with one attached hydrogen (secondary N) is 2. The SMILES string of the molecule is CC(C)C[C@H](NC(=O)OC(C)(C)C)C(=O)N1C(=O)CC[C@H]1C(=O)N[C@H](C(N)=O)C(C)C. The highest BCUT2D eigenvalue weighted by atomic mass is 16.6. The third-order valence-electron chi connectivity index (χ3n) is 4.72. The summed E-state index contributed by atoms with van der Waals surface area (Å²) in [4.78, 5) is 63.3. The molecule has 0 unspecified atom stereocenters. The van der Waals surface area contributed by atoms with E-state index in [9.17, 15) is 24.0 Å². The van der Waals surface area contributed by atoms with Gasteiger partial charge in [-0.25, -0.2) is 4.79 Å². The Kier molecular flexibility index (Phi) is 9.01. The van der Waals surface area contributed by atoms with Gasteiger partial charge in [-0.15, -0.1) is 0 Å². The van der Waals surface area contributed by atoms with Crippen molar-refractivity contribution in [1.82, 2.24) is 15.5 Å². The number of imide groups is 1. The molecule has 0 aromatic heterocycles. The molecule has 31 heavy (non-hydrogen) atoms. The van der Waals surface area contributed by atoms with Gasteiger partial charge < -0.3 is 21.1 Å². The highest BCUT2D eigenvalue weighted by molar-refractivity contribution is 6.05. The number of hydrogen-bond acceptors (Lipinski definition) is 6. The molecule has 176 valence electrons. The van der Waals surface area contributed by atoms with E-state index in [2.05, 4.69) is 10.6 Å². The molecular formula is C21H36N4O6. The van der Waals surface area contributed by atoms with E-state index in [0.717, 1.165) is 4.90 Å². The molecule has 0 aromatic carbocycles. The molecule has 4 N–H and O–H groups in total. The third-order valence-corrected chi connectivity index (χ3v) is 4.72. The van der Waals surface area contributed by atoms with Gasteiger partial charge in [0.25, 0.3) is 5.91 Å². The van der Waals surface area contributed by atoms with Gasteiger partial charge in [-0.05, 0) is 45.4 Å². The van der Waals surface area contributed by atoms with Crippen molar-refractivity contribution in [2.45, 2.75) is 91.5 Å². The number of amides is 5. The summed E-state index contributed by atoms with van der Waals surface area (Å²) in [6.45, 7) is 12.3. The molecular weight excluding hydrogens is 404 g/mol. The van der Waals surface area contributed by atoms with E-state index in [1.165, 1.54) is 0 Å². The molecule has 1 aliphatic heterocycles. The van der Waals surface area contributed by atoms with Crippen molar-refractivity contribution in [3.63, 3.8) is 0 Å². The molecule has 0 bridgehead atoms. The van der Waals surface area contributed by atoms with Crippen LogP contribution in [0.5, 0.6) is 0 Å². The number of ether oxygens (including phenoxy) is 1. The second-order valence-corrected chi connectivity index (χ2v) is 9.62. The zero-order chi connectivity index (χ0) is 24.1. The summed E-state index contributed by atoms with van der Waals surface area (Å²) in [6.07, 6.45) is -0.395. The number of alkyl carbamates (subject to hydrolysis) is 1. The quantitative estimate of drug-likeness (QED) is 0.514. The number of likely N-dealkylation sites (tertiary alicyclic amines) is 1. The molecule has 0 radical (unpaired) electrons. The smallest absolute Gasteiger partial charge is 0.408 e. The molecule has 1 heterocycles. The van der Waals surface area contributed by atoms with Crippen LogP contribution in [0.2, 0.25) is 0 Å². The third kappa shape index (κ3) is 7.84. The van der Waals surface area contributed by atoms with Crippen LogP contribution >= 0.6 is 0 Å². The van der Waals surface area contributed by atoms with Gasteiger partial charge in [0.05, 0.1) is 0 Å². The number of carbonyl (C=O) groups is 5. The first-order valence-corrected chi connectivity index (χ1v) is 10.6.